The van der Waals surface area contributed by atoms with Gasteiger partial charge in [0, 0.05) is 13.5 Å². The van der Waals surface area contributed by atoms with E-state index in [1.807, 2.05) is 0 Å². The van der Waals surface area contributed by atoms with Crippen molar-refractivity contribution in [1.82, 2.24) is 5.32 Å². The number of unbranched alkanes of at least 4 members (excludes halogenated alkanes) is 11. The van der Waals surface area contributed by atoms with E-state index >= 15 is 0 Å². The van der Waals surface area contributed by atoms with E-state index in [0.717, 1.165) is 19.3 Å². The zero-order chi connectivity index (χ0) is 28.6. The molecule has 0 aliphatic carbocycles. The molecule has 0 spiro atoms. The maximum absolute atomic E-state index is 12.9. The van der Waals surface area contributed by atoms with Crippen LogP contribution in [0.5, 0.6) is 0 Å². The van der Waals surface area contributed by atoms with Gasteiger partial charge in [-0.3, -0.25) is 4.79 Å². The van der Waals surface area contributed by atoms with E-state index in [0.29, 0.717) is 0 Å². The molecule has 0 bridgehead atoms. The van der Waals surface area contributed by atoms with Gasteiger partial charge in [-0.15, -0.1) is 0 Å². The van der Waals surface area contributed by atoms with E-state index in [1.54, 1.807) is 0 Å². The average Bonchev–Trinajstić information content (AvgIpc) is 2.88. The van der Waals surface area contributed by atoms with Gasteiger partial charge in [0.1, 0.15) is 12.2 Å². The smallest absolute Gasteiger partial charge is 0.373 e. The predicted molar refractivity (Wildman–Crippen MR) is 149 cm³/mol. The normalized spacial score (nSPS) is 26.7. The van der Waals surface area contributed by atoms with Gasteiger partial charge in [-0.25, -0.2) is 9.79 Å². The number of aliphatic imine (C=N–C) groups is 1. The number of hydrogen-bond acceptors (Lipinski definition) is 8. The molecule has 11 heteroatoms. The molecule has 0 radical (unpaired) electrons. The summed E-state index contributed by atoms with van der Waals surface area (Å²) >= 11 is 0. The molecule has 1 saturated heterocycles. The minimum absolute atomic E-state index is 0.133. The molecule has 7 N–H and O–H groups in total. The van der Waals surface area contributed by atoms with Crippen LogP contribution in [0.25, 0.3) is 0 Å². The van der Waals surface area contributed by atoms with E-state index in [9.17, 15) is 19.8 Å². The first-order chi connectivity index (χ1) is 18.7. The summed E-state index contributed by atoms with van der Waals surface area (Å²) in [6, 6.07) is -1.73. The van der Waals surface area contributed by atoms with Crippen molar-refractivity contribution in [3.8, 4) is 0 Å². The molecule has 11 nitrogen and oxygen atoms in total. The molecule has 39 heavy (non-hydrogen) atoms. The first-order valence-corrected chi connectivity index (χ1v) is 14.6. The maximum atomic E-state index is 12.9. The van der Waals surface area contributed by atoms with Crippen LogP contribution < -0.4 is 16.8 Å². The molecule has 1 fully saturated rings. The highest BCUT2D eigenvalue weighted by Gasteiger charge is 2.48. The number of nitrogens with one attached hydrogen (secondary N) is 1. The SMILES string of the molecule is CCCCCCCCCCCCCCOC(=O)C1=C[C@H](N=C(N)N)[C@@H](NC(C)=O)[C@H]([C@@H]2OCC[C@@H](O)[C@H]2O)O1. The molecule has 224 valence electrons. The second-order valence-electron chi connectivity index (χ2n) is 10.6. The Hall–Kier alpha value is -2.37. The zero-order valence-corrected chi connectivity index (χ0v) is 23.7. The molecule has 0 saturated carbocycles. The number of hydrogen-bond donors (Lipinski definition) is 5. The minimum Gasteiger partial charge on any atom is -0.478 e. The third-order valence-corrected chi connectivity index (χ3v) is 7.19. The molecule has 2 rings (SSSR count). The Bertz CT molecular complexity index is 803. The van der Waals surface area contributed by atoms with Crippen molar-refractivity contribution >= 4 is 17.8 Å². The standard InChI is InChI=1S/C28H50N4O7/c1-3-4-5-6-7-8-9-10-11-12-13-14-16-38-27(36)22-18-20(32-28(29)30)23(31-19(2)33)25(39-22)26-24(35)21(34)15-17-37-26/h18,20-21,23-26,34-35H,3-17H2,1-2H3,(H,31,33)(H4,29,30,32)/t20-,21+,23+,24+,25+,26+/m0/s1. The number of ether oxygens (including phenoxy) is 3. The zero-order valence-electron chi connectivity index (χ0n) is 23.7. The lowest BCUT2D eigenvalue weighted by Gasteiger charge is -2.43. The van der Waals surface area contributed by atoms with Crippen molar-refractivity contribution in [3.05, 3.63) is 11.8 Å². The van der Waals surface area contributed by atoms with Gasteiger partial charge in [-0.2, -0.15) is 0 Å². The summed E-state index contributed by atoms with van der Waals surface area (Å²) in [5.41, 5.74) is 11.2. The second kappa shape index (κ2) is 18.1. The maximum Gasteiger partial charge on any atom is 0.373 e. The molecular weight excluding hydrogens is 504 g/mol. The highest BCUT2D eigenvalue weighted by molar-refractivity contribution is 5.87. The summed E-state index contributed by atoms with van der Waals surface area (Å²) in [4.78, 5) is 29.0. The fourth-order valence-electron chi connectivity index (χ4n) is 5.07. The summed E-state index contributed by atoms with van der Waals surface area (Å²) < 4.78 is 17.1. The topological polar surface area (TPSA) is 179 Å². The molecule has 0 aromatic carbocycles. The molecule has 0 unspecified atom stereocenters. The van der Waals surface area contributed by atoms with Crippen molar-refractivity contribution in [1.29, 1.82) is 0 Å². The quantitative estimate of drug-likeness (QED) is 0.0779. The minimum atomic E-state index is -1.30. The average molecular weight is 555 g/mol. The molecular formula is C28H50N4O7. The van der Waals surface area contributed by atoms with Gasteiger partial charge in [0.05, 0.1) is 24.8 Å². The number of nitrogens with zero attached hydrogens (tertiary/aromatic N) is 1. The van der Waals surface area contributed by atoms with E-state index in [1.165, 1.54) is 70.8 Å². The number of nitrogens with two attached hydrogens (primary N) is 2. The van der Waals surface area contributed by atoms with Crippen molar-refractivity contribution in [2.24, 2.45) is 16.5 Å². The van der Waals surface area contributed by atoms with Crippen LogP contribution in [0.2, 0.25) is 0 Å². The van der Waals surface area contributed by atoms with Crippen molar-refractivity contribution in [2.75, 3.05) is 13.2 Å². The molecule has 2 aliphatic heterocycles. The van der Waals surface area contributed by atoms with Gasteiger partial charge in [-0.05, 0) is 18.9 Å². The van der Waals surface area contributed by atoms with Crippen LogP contribution in [0.1, 0.15) is 97.3 Å². The summed E-state index contributed by atoms with van der Waals surface area (Å²) in [7, 11) is 0. The summed E-state index contributed by atoms with van der Waals surface area (Å²) in [6.45, 7) is 3.97. The van der Waals surface area contributed by atoms with E-state index < -0.39 is 42.5 Å². The molecule has 2 aliphatic rings. The molecule has 1 amide bonds. The molecule has 0 aromatic heterocycles. The first-order valence-electron chi connectivity index (χ1n) is 14.6. The van der Waals surface area contributed by atoms with E-state index in [-0.39, 0.29) is 37.3 Å². The number of aliphatic hydroxyl groups excluding tert-OH is 2. The van der Waals surface area contributed by atoms with E-state index in [4.69, 9.17) is 25.7 Å². The summed E-state index contributed by atoms with van der Waals surface area (Å²) in [6.07, 6.45) is 11.7. The number of carbonyl (C=O) groups excluding carboxylic acids is 2. The van der Waals surface area contributed by atoms with Gasteiger partial charge in [0.2, 0.25) is 11.7 Å². The van der Waals surface area contributed by atoms with Gasteiger partial charge in [0.15, 0.2) is 12.1 Å². The van der Waals surface area contributed by atoms with Gasteiger partial charge < -0.3 is 41.2 Å². The number of rotatable bonds is 17. The van der Waals surface area contributed by atoms with E-state index in [2.05, 4.69) is 17.2 Å². The number of aliphatic hydroxyl groups is 2. The number of carbonyl (C=O) groups is 2. The fourth-order valence-corrected chi connectivity index (χ4v) is 5.07. The lowest BCUT2D eigenvalue weighted by molar-refractivity contribution is -0.186. The Morgan fingerprint density at radius 2 is 1.59 bits per heavy atom. The fraction of sp³-hybridized carbons (Fsp3) is 0.821. The van der Waals surface area contributed by atoms with Gasteiger partial charge in [-0.1, -0.05) is 77.6 Å². The molecule has 2 heterocycles. The third kappa shape index (κ3) is 11.7. The predicted octanol–water partition coefficient (Wildman–Crippen LogP) is 2.17. The van der Waals surface area contributed by atoms with Crippen molar-refractivity contribution in [2.45, 2.75) is 134 Å². The number of esters is 1. The van der Waals surface area contributed by atoms with Crippen LogP contribution in [-0.4, -0.2) is 77.8 Å². The Balaban J connectivity index is 1.87. The molecule has 0 aromatic rings. The lowest BCUT2D eigenvalue weighted by Crippen LogP contribution is -2.62. The van der Waals surface area contributed by atoms with Gasteiger partial charge >= 0.3 is 5.97 Å². The Morgan fingerprint density at radius 1 is 1.00 bits per heavy atom. The third-order valence-electron chi connectivity index (χ3n) is 7.19. The molecule has 6 atom stereocenters. The number of amides is 1. The van der Waals surface area contributed by atoms with Crippen LogP contribution in [0, 0.1) is 0 Å². The lowest BCUT2D eigenvalue weighted by atomic mass is 9.88. The number of guanidine groups is 1. The second-order valence-corrected chi connectivity index (χ2v) is 10.6. The van der Waals surface area contributed by atoms with Crippen LogP contribution in [0.15, 0.2) is 16.8 Å². The van der Waals surface area contributed by atoms with Crippen LogP contribution in [-0.2, 0) is 23.8 Å². The summed E-state index contributed by atoms with van der Waals surface area (Å²) in [5.74, 6) is -1.46. The Morgan fingerprint density at radius 3 is 2.15 bits per heavy atom. The Kier molecular flexibility index (Phi) is 15.2. The monoisotopic (exact) mass is 554 g/mol. The van der Waals surface area contributed by atoms with Crippen molar-refractivity contribution < 1.29 is 34.0 Å². The largest absolute Gasteiger partial charge is 0.478 e. The van der Waals surface area contributed by atoms with Crippen LogP contribution in [0.4, 0.5) is 0 Å². The van der Waals surface area contributed by atoms with Crippen molar-refractivity contribution in [3.63, 3.8) is 0 Å². The highest BCUT2D eigenvalue weighted by atomic mass is 16.6. The Labute approximate surface area is 232 Å². The summed E-state index contributed by atoms with van der Waals surface area (Å²) in [5, 5.41) is 23.5. The van der Waals surface area contributed by atoms with Crippen LogP contribution in [0.3, 0.4) is 0 Å². The van der Waals surface area contributed by atoms with Gasteiger partial charge in [0.25, 0.3) is 0 Å². The highest BCUT2D eigenvalue weighted by Crippen LogP contribution is 2.30. The van der Waals surface area contributed by atoms with Crippen LogP contribution >= 0.6 is 0 Å². The first kappa shape index (κ1) is 32.8.